The van der Waals surface area contributed by atoms with Gasteiger partial charge in [0, 0.05) is 38.4 Å². The zero-order chi connectivity index (χ0) is 16.8. The number of nitrogens with one attached hydrogen (secondary N) is 1. The van der Waals surface area contributed by atoms with Crippen LogP contribution in [0.2, 0.25) is 0 Å². The number of amides is 2. The second-order valence-corrected chi connectivity index (χ2v) is 5.83. The molecule has 1 aliphatic heterocycles. The first-order chi connectivity index (χ1) is 11.0. The molecule has 0 radical (unpaired) electrons. The Bertz CT molecular complexity index is 563. The van der Waals surface area contributed by atoms with Crippen LogP contribution in [0.3, 0.4) is 0 Å². The molecule has 7 nitrogen and oxygen atoms in total. The molecular weight excluding hydrogens is 296 g/mol. The zero-order valence-corrected chi connectivity index (χ0v) is 13.7. The van der Waals surface area contributed by atoms with Crippen LogP contribution in [0.4, 0.5) is 0 Å². The summed E-state index contributed by atoms with van der Waals surface area (Å²) in [5.41, 5.74) is 1.12. The number of nitrogens with zero attached hydrogens (tertiary/aromatic N) is 3. The zero-order valence-electron chi connectivity index (χ0n) is 13.7. The standard InChI is InChI=1S/C16H24N4O3/c1-4-15(21)17-7-12(2)19(3)16(22)10-20-9-14(8-18-20)13-5-6-23-11-13/h4,8-9,12-13H,1,5-7,10-11H2,2-3H3,(H,17,21). The van der Waals surface area contributed by atoms with Crippen molar-refractivity contribution in [2.45, 2.75) is 31.8 Å². The number of carbonyl (C=O) groups excluding carboxylic acids is 2. The molecule has 0 spiro atoms. The topological polar surface area (TPSA) is 76.5 Å². The van der Waals surface area contributed by atoms with Crippen LogP contribution in [0.5, 0.6) is 0 Å². The van der Waals surface area contributed by atoms with Crippen LogP contribution in [0.25, 0.3) is 0 Å². The van der Waals surface area contributed by atoms with Gasteiger partial charge in [0.1, 0.15) is 6.54 Å². The molecule has 1 aromatic heterocycles. The monoisotopic (exact) mass is 320 g/mol. The summed E-state index contributed by atoms with van der Waals surface area (Å²) < 4.78 is 7.03. The Labute approximate surface area is 136 Å². The molecular formula is C16H24N4O3. The minimum absolute atomic E-state index is 0.0531. The van der Waals surface area contributed by atoms with Crippen LogP contribution < -0.4 is 5.32 Å². The number of likely N-dealkylation sites (N-methyl/N-ethyl adjacent to an activating group) is 1. The summed E-state index contributed by atoms with van der Waals surface area (Å²) in [5, 5.41) is 6.95. The molecule has 1 N–H and O–H groups in total. The highest BCUT2D eigenvalue weighted by atomic mass is 16.5. The van der Waals surface area contributed by atoms with Crippen molar-refractivity contribution in [3.63, 3.8) is 0 Å². The van der Waals surface area contributed by atoms with Crippen LogP contribution in [-0.2, 0) is 20.9 Å². The number of ether oxygens (including phenoxy) is 1. The predicted octanol–water partition coefficient (Wildman–Crippen LogP) is 0.536. The van der Waals surface area contributed by atoms with E-state index in [2.05, 4.69) is 17.0 Å². The van der Waals surface area contributed by atoms with Gasteiger partial charge < -0.3 is 15.0 Å². The van der Waals surface area contributed by atoms with E-state index in [1.54, 1.807) is 22.8 Å². The summed E-state index contributed by atoms with van der Waals surface area (Å²) >= 11 is 0. The molecule has 2 heterocycles. The smallest absolute Gasteiger partial charge is 0.244 e. The first kappa shape index (κ1) is 17.2. The van der Waals surface area contributed by atoms with Gasteiger partial charge in [0.2, 0.25) is 11.8 Å². The van der Waals surface area contributed by atoms with E-state index < -0.39 is 0 Å². The summed E-state index contributed by atoms with van der Waals surface area (Å²) in [4.78, 5) is 25.1. The summed E-state index contributed by atoms with van der Waals surface area (Å²) in [6.45, 7) is 7.35. The Balaban J connectivity index is 1.85. The summed E-state index contributed by atoms with van der Waals surface area (Å²) in [6.07, 6.45) is 5.93. The molecule has 1 fully saturated rings. The molecule has 1 aliphatic rings. The molecule has 7 heteroatoms. The van der Waals surface area contributed by atoms with E-state index in [4.69, 9.17) is 4.74 Å². The van der Waals surface area contributed by atoms with Crippen molar-refractivity contribution in [3.05, 3.63) is 30.6 Å². The molecule has 0 saturated carbocycles. The molecule has 2 unspecified atom stereocenters. The molecule has 0 aliphatic carbocycles. The van der Waals surface area contributed by atoms with Crippen molar-refractivity contribution in [1.82, 2.24) is 20.0 Å². The Morgan fingerprint density at radius 3 is 3.09 bits per heavy atom. The van der Waals surface area contributed by atoms with Crippen LogP contribution in [0.15, 0.2) is 25.0 Å². The fourth-order valence-electron chi connectivity index (χ4n) is 2.43. The molecule has 126 valence electrons. The minimum atomic E-state index is -0.242. The van der Waals surface area contributed by atoms with Gasteiger partial charge >= 0.3 is 0 Å². The lowest BCUT2D eigenvalue weighted by Gasteiger charge is -2.25. The highest BCUT2D eigenvalue weighted by Gasteiger charge is 2.21. The second kappa shape index (κ2) is 7.92. The van der Waals surface area contributed by atoms with E-state index in [1.807, 2.05) is 13.1 Å². The Kier molecular flexibility index (Phi) is 5.92. The lowest BCUT2D eigenvalue weighted by molar-refractivity contribution is -0.132. The normalized spacial score (nSPS) is 18.4. The van der Waals surface area contributed by atoms with E-state index in [0.717, 1.165) is 25.2 Å². The number of hydrogen-bond donors (Lipinski definition) is 1. The molecule has 1 saturated heterocycles. The maximum atomic E-state index is 12.3. The van der Waals surface area contributed by atoms with Gasteiger partial charge in [0.25, 0.3) is 0 Å². The molecule has 2 atom stereocenters. The van der Waals surface area contributed by atoms with Crippen molar-refractivity contribution < 1.29 is 14.3 Å². The van der Waals surface area contributed by atoms with Crippen LogP contribution in [-0.4, -0.2) is 59.3 Å². The summed E-state index contributed by atoms with van der Waals surface area (Å²) in [5.74, 6) is 0.0838. The number of rotatable bonds is 7. The molecule has 2 amide bonds. The van der Waals surface area contributed by atoms with Crippen molar-refractivity contribution in [2.75, 3.05) is 26.8 Å². The van der Waals surface area contributed by atoms with E-state index in [-0.39, 0.29) is 24.4 Å². The Morgan fingerprint density at radius 2 is 2.43 bits per heavy atom. The lowest BCUT2D eigenvalue weighted by Crippen LogP contribution is -2.44. The summed E-state index contributed by atoms with van der Waals surface area (Å²) in [7, 11) is 1.72. The lowest BCUT2D eigenvalue weighted by atomic mass is 10.0. The highest BCUT2D eigenvalue weighted by Crippen LogP contribution is 2.24. The largest absolute Gasteiger partial charge is 0.381 e. The van der Waals surface area contributed by atoms with Gasteiger partial charge in [-0.15, -0.1) is 0 Å². The summed E-state index contributed by atoms with van der Waals surface area (Å²) in [6, 6.07) is -0.107. The molecule has 1 aromatic rings. The number of aromatic nitrogens is 2. The predicted molar refractivity (Wildman–Crippen MR) is 85.8 cm³/mol. The molecule has 0 aromatic carbocycles. The number of carbonyl (C=O) groups is 2. The highest BCUT2D eigenvalue weighted by molar-refractivity contribution is 5.86. The average molecular weight is 320 g/mol. The molecule has 23 heavy (non-hydrogen) atoms. The SMILES string of the molecule is C=CC(=O)NCC(C)N(C)C(=O)Cn1cc(C2CCOC2)cn1. The first-order valence-corrected chi connectivity index (χ1v) is 7.77. The van der Waals surface area contributed by atoms with Gasteiger partial charge in [-0.2, -0.15) is 5.10 Å². The van der Waals surface area contributed by atoms with E-state index in [0.29, 0.717) is 12.5 Å². The first-order valence-electron chi connectivity index (χ1n) is 7.77. The van der Waals surface area contributed by atoms with Crippen molar-refractivity contribution >= 4 is 11.8 Å². The van der Waals surface area contributed by atoms with E-state index in [9.17, 15) is 9.59 Å². The Morgan fingerprint density at radius 1 is 1.65 bits per heavy atom. The fourth-order valence-corrected chi connectivity index (χ4v) is 2.43. The quantitative estimate of drug-likeness (QED) is 0.744. The third-order valence-corrected chi connectivity index (χ3v) is 4.16. The minimum Gasteiger partial charge on any atom is -0.381 e. The van der Waals surface area contributed by atoms with Crippen LogP contribution in [0, 0.1) is 0 Å². The van der Waals surface area contributed by atoms with Crippen molar-refractivity contribution in [1.29, 1.82) is 0 Å². The van der Waals surface area contributed by atoms with E-state index >= 15 is 0 Å². The van der Waals surface area contributed by atoms with Crippen molar-refractivity contribution in [3.8, 4) is 0 Å². The number of hydrogen-bond acceptors (Lipinski definition) is 4. The van der Waals surface area contributed by atoms with E-state index in [1.165, 1.54) is 6.08 Å². The van der Waals surface area contributed by atoms with Crippen molar-refractivity contribution in [2.24, 2.45) is 0 Å². The third kappa shape index (κ3) is 4.66. The maximum Gasteiger partial charge on any atom is 0.244 e. The van der Waals surface area contributed by atoms with Gasteiger partial charge in [-0.05, 0) is 25.0 Å². The van der Waals surface area contributed by atoms with Crippen LogP contribution >= 0.6 is 0 Å². The van der Waals surface area contributed by atoms with Gasteiger partial charge in [-0.1, -0.05) is 6.58 Å². The molecule has 0 bridgehead atoms. The van der Waals surface area contributed by atoms with Gasteiger partial charge in [-0.3, -0.25) is 14.3 Å². The van der Waals surface area contributed by atoms with Gasteiger partial charge in [-0.25, -0.2) is 0 Å². The third-order valence-electron chi connectivity index (χ3n) is 4.16. The fraction of sp³-hybridized carbons (Fsp3) is 0.562. The average Bonchev–Trinajstić information content (AvgIpc) is 3.22. The van der Waals surface area contributed by atoms with Gasteiger partial charge in [0.05, 0.1) is 12.8 Å². The van der Waals surface area contributed by atoms with Gasteiger partial charge in [0.15, 0.2) is 0 Å². The Hall–Kier alpha value is -2.15. The van der Waals surface area contributed by atoms with Crippen LogP contribution in [0.1, 0.15) is 24.8 Å². The second-order valence-electron chi connectivity index (χ2n) is 5.83. The molecule has 2 rings (SSSR count). The maximum absolute atomic E-state index is 12.3.